The fraction of sp³-hybridized carbons (Fsp3) is 0.364. The lowest BCUT2D eigenvalue weighted by molar-refractivity contribution is -0.140. The summed E-state index contributed by atoms with van der Waals surface area (Å²) in [5, 5.41) is 10.2. The minimum atomic E-state index is -0.244. The third-order valence-corrected chi connectivity index (χ3v) is 5.71. The van der Waals surface area contributed by atoms with Crippen LogP contribution in [0.5, 0.6) is 11.5 Å². The molecule has 1 N–H and O–H groups in total. The molecule has 3 aliphatic heterocycles. The van der Waals surface area contributed by atoms with Crippen molar-refractivity contribution in [2.45, 2.75) is 25.4 Å². The van der Waals surface area contributed by atoms with E-state index in [0.29, 0.717) is 25.4 Å². The average Bonchev–Trinajstić information content (AvgIpc) is 3.00. The zero-order chi connectivity index (χ0) is 19.7. The predicted octanol–water partition coefficient (Wildman–Crippen LogP) is 2.66. The molecule has 0 unspecified atom stereocenters. The lowest BCUT2D eigenvalue weighted by Crippen LogP contribution is -2.47. The van der Waals surface area contributed by atoms with Crippen LogP contribution in [0.4, 0.5) is 0 Å². The highest BCUT2D eigenvalue weighted by molar-refractivity contribution is 5.97. The molecule has 0 aliphatic carbocycles. The number of carbonyl (C=O) groups is 2. The first-order chi connectivity index (χ1) is 13.6. The molecule has 0 aromatic heterocycles. The SMILES string of the molecule is COc1ccc(C(=O)N2C[C@H]3CC[C@@H](C2)N(Cc2ccccc2)C3=O)c(O)c1. The standard InChI is InChI=1S/C22H24N2O4/c1-28-18-9-10-19(20(25)11-18)22(27)23-13-16-7-8-17(14-23)24(21(16)26)12-15-5-3-2-4-6-15/h2-6,9-11,16-17,25H,7-8,12-14H2,1H3/t16-,17+/m1/s1. The molecule has 2 aromatic carbocycles. The van der Waals surface area contributed by atoms with Gasteiger partial charge in [-0.05, 0) is 30.5 Å². The van der Waals surface area contributed by atoms with Crippen LogP contribution >= 0.6 is 0 Å². The molecule has 2 atom stereocenters. The first kappa shape index (κ1) is 18.3. The Bertz CT molecular complexity index is 883. The number of benzene rings is 2. The maximum Gasteiger partial charge on any atom is 0.257 e. The monoisotopic (exact) mass is 380 g/mol. The molecule has 3 saturated heterocycles. The minimum absolute atomic E-state index is 0.00389. The summed E-state index contributed by atoms with van der Waals surface area (Å²) in [7, 11) is 1.51. The zero-order valence-electron chi connectivity index (χ0n) is 15.9. The number of piperidine rings is 1. The summed E-state index contributed by atoms with van der Waals surface area (Å²) in [6.45, 7) is 1.45. The second-order valence-corrected chi connectivity index (χ2v) is 7.47. The van der Waals surface area contributed by atoms with Crippen LogP contribution in [0.15, 0.2) is 48.5 Å². The number of methoxy groups -OCH3 is 1. The molecule has 0 radical (unpaired) electrons. The van der Waals surface area contributed by atoms with Gasteiger partial charge in [0.05, 0.1) is 18.6 Å². The number of amides is 2. The van der Waals surface area contributed by atoms with Crippen LogP contribution in [0.1, 0.15) is 28.8 Å². The molecule has 2 amide bonds. The predicted molar refractivity (Wildman–Crippen MR) is 104 cm³/mol. The molecule has 28 heavy (non-hydrogen) atoms. The van der Waals surface area contributed by atoms with Crippen molar-refractivity contribution in [3.63, 3.8) is 0 Å². The van der Waals surface area contributed by atoms with Gasteiger partial charge in [0.25, 0.3) is 5.91 Å². The van der Waals surface area contributed by atoms with Gasteiger partial charge in [0, 0.05) is 31.7 Å². The van der Waals surface area contributed by atoms with Crippen molar-refractivity contribution in [2.24, 2.45) is 5.92 Å². The number of aromatic hydroxyl groups is 1. The lowest BCUT2D eigenvalue weighted by atomic mass is 9.93. The van der Waals surface area contributed by atoms with Crippen molar-refractivity contribution in [2.75, 3.05) is 20.2 Å². The maximum atomic E-state index is 13.1. The Morgan fingerprint density at radius 1 is 1.14 bits per heavy atom. The van der Waals surface area contributed by atoms with Crippen molar-refractivity contribution in [3.8, 4) is 11.5 Å². The number of phenolic OH excluding ortho intramolecular Hbond substituents is 1. The van der Waals surface area contributed by atoms with E-state index in [-0.39, 0.29) is 35.1 Å². The van der Waals surface area contributed by atoms with Crippen molar-refractivity contribution < 1.29 is 19.4 Å². The number of ether oxygens (including phenoxy) is 1. The Morgan fingerprint density at radius 2 is 1.93 bits per heavy atom. The molecule has 146 valence electrons. The molecule has 2 bridgehead atoms. The van der Waals surface area contributed by atoms with Crippen molar-refractivity contribution >= 4 is 11.8 Å². The van der Waals surface area contributed by atoms with E-state index < -0.39 is 0 Å². The Balaban J connectivity index is 1.55. The van der Waals surface area contributed by atoms with Crippen molar-refractivity contribution in [3.05, 3.63) is 59.7 Å². The normalized spacial score (nSPS) is 21.5. The van der Waals surface area contributed by atoms with Gasteiger partial charge >= 0.3 is 0 Å². The van der Waals surface area contributed by atoms with E-state index in [1.54, 1.807) is 17.0 Å². The van der Waals surface area contributed by atoms with Crippen molar-refractivity contribution in [1.82, 2.24) is 9.80 Å². The Kier molecular flexibility index (Phi) is 4.94. The van der Waals surface area contributed by atoms with Gasteiger partial charge < -0.3 is 19.6 Å². The van der Waals surface area contributed by atoms with Gasteiger partial charge in [0.2, 0.25) is 5.91 Å². The van der Waals surface area contributed by atoms with Gasteiger partial charge in [-0.2, -0.15) is 0 Å². The van der Waals surface area contributed by atoms with E-state index >= 15 is 0 Å². The van der Waals surface area contributed by atoms with Crippen molar-refractivity contribution in [1.29, 1.82) is 0 Å². The largest absolute Gasteiger partial charge is 0.507 e. The zero-order valence-corrected chi connectivity index (χ0v) is 15.9. The average molecular weight is 380 g/mol. The molecular weight excluding hydrogens is 356 g/mol. The minimum Gasteiger partial charge on any atom is -0.507 e. The second-order valence-electron chi connectivity index (χ2n) is 7.47. The number of nitrogens with zero attached hydrogens (tertiary/aromatic N) is 2. The van der Waals surface area contributed by atoms with E-state index in [0.717, 1.165) is 18.4 Å². The Labute approximate surface area is 164 Å². The summed E-state index contributed by atoms with van der Waals surface area (Å²) < 4.78 is 5.09. The molecule has 0 saturated carbocycles. The fourth-order valence-corrected chi connectivity index (χ4v) is 4.18. The van der Waals surface area contributed by atoms with Crippen LogP contribution in [-0.2, 0) is 11.3 Å². The highest BCUT2D eigenvalue weighted by Crippen LogP contribution is 2.32. The van der Waals surface area contributed by atoms with Crippen LogP contribution in [0.2, 0.25) is 0 Å². The van der Waals surface area contributed by atoms with E-state index in [2.05, 4.69) is 0 Å². The molecule has 5 rings (SSSR count). The van der Waals surface area contributed by atoms with E-state index in [1.165, 1.54) is 13.2 Å². The van der Waals surface area contributed by atoms with Crippen LogP contribution in [-0.4, -0.2) is 53.0 Å². The van der Waals surface area contributed by atoms with Gasteiger partial charge in [0.15, 0.2) is 0 Å². The number of rotatable bonds is 4. The van der Waals surface area contributed by atoms with Gasteiger partial charge in [-0.3, -0.25) is 9.59 Å². The van der Waals surface area contributed by atoms with Crippen LogP contribution in [0.25, 0.3) is 0 Å². The number of carbonyl (C=O) groups excluding carboxylic acids is 2. The number of hydrogen-bond acceptors (Lipinski definition) is 4. The first-order valence-electron chi connectivity index (χ1n) is 9.57. The summed E-state index contributed by atoms with van der Waals surface area (Å²) in [4.78, 5) is 29.7. The third-order valence-electron chi connectivity index (χ3n) is 5.71. The summed E-state index contributed by atoms with van der Waals surface area (Å²) in [6.07, 6.45) is 1.69. The third kappa shape index (κ3) is 3.42. The fourth-order valence-electron chi connectivity index (χ4n) is 4.18. The molecular formula is C22H24N2O4. The van der Waals surface area contributed by atoms with E-state index in [1.807, 2.05) is 35.2 Å². The first-order valence-corrected chi connectivity index (χ1v) is 9.57. The Morgan fingerprint density at radius 3 is 2.64 bits per heavy atom. The van der Waals surface area contributed by atoms with Gasteiger partial charge in [-0.1, -0.05) is 30.3 Å². The molecule has 3 fully saturated rings. The molecule has 2 aromatic rings. The summed E-state index contributed by atoms with van der Waals surface area (Å²) in [6, 6.07) is 14.6. The summed E-state index contributed by atoms with van der Waals surface area (Å²) in [5.74, 6) is 0.0789. The van der Waals surface area contributed by atoms with Gasteiger partial charge in [-0.15, -0.1) is 0 Å². The summed E-state index contributed by atoms with van der Waals surface area (Å²) >= 11 is 0. The quantitative estimate of drug-likeness (QED) is 0.885. The topological polar surface area (TPSA) is 70.1 Å². The number of hydrogen-bond donors (Lipinski definition) is 1. The van der Waals surface area contributed by atoms with Crippen LogP contribution in [0.3, 0.4) is 0 Å². The highest BCUT2D eigenvalue weighted by atomic mass is 16.5. The number of fused-ring (bicyclic) bond motifs is 4. The van der Waals surface area contributed by atoms with Crippen LogP contribution in [0, 0.1) is 5.92 Å². The van der Waals surface area contributed by atoms with Gasteiger partial charge in [-0.25, -0.2) is 0 Å². The molecule has 0 spiro atoms. The van der Waals surface area contributed by atoms with Gasteiger partial charge in [0.1, 0.15) is 11.5 Å². The second kappa shape index (κ2) is 7.54. The lowest BCUT2D eigenvalue weighted by Gasteiger charge is -2.36. The maximum absolute atomic E-state index is 13.1. The smallest absolute Gasteiger partial charge is 0.257 e. The molecule has 6 heteroatoms. The molecule has 6 nitrogen and oxygen atoms in total. The Hall–Kier alpha value is -3.02. The van der Waals surface area contributed by atoms with E-state index in [9.17, 15) is 14.7 Å². The molecule has 3 aliphatic rings. The molecule has 3 heterocycles. The van der Waals surface area contributed by atoms with Crippen LogP contribution < -0.4 is 4.74 Å². The number of phenols is 1. The summed E-state index contributed by atoms with van der Waals surface area (Å²) in [5.41, 5.74) is 1.33. The highest BCUT2D eigenvalue weighted by Gasteiger charge is 2.42. The van der Waals surface area contributed by atoms with E-state index in [4.69, 9.17) is 4.74 Å².